The largest absolute Gasteiger partial charge is 0.239 e. The molecule has 0 unspecified atom stereocenters. The van der Waals surface area contributed by atoms with E-state index in [1.54, 1.807) is 18.2 Å². The number of rotatable bonds is 1. The molecule has 0 aliphatic heterocycles. The Balaban J connectivity index is 2.35. The number of hydrogen-bond donors (Lipinski definition) is 0. The van der Waals surface area contributed by atoms with Gasteiger partial charge in [0.05, 0.1) is 5.56 Å². The van der Waals surface area contributed by atoms with Crippen LogP contribution in [0.3, 0.4) is 0 Å². The number of nitriles is 1. The molecule has 1 aromatic heterocycles. The Morgan fingerprint density at radius 1 is 1.38 bits per heavy atom. The van der Waals surface area contributed by atoms with Crippen molar-refractivity contribution in [2.24, 2.45) is 5.92 Å². The highest BCUT2D eigenvalue weighted by Gasteiger charge is 2.26. The summed E-state index contributed by atoms with van der Waals surface area (Å²) in [6, 6.07) is 8.61. The number of aromatic nitrogens is 1. The molecule has 0 fully saturated rings. The third-order valence-corrected chi connectivity index (χ3v) is 4.29. The Morgan fingerprint density at radius 2 is 2.14 bits per heavy atom. The van der Waals surface area contributed by atoms with Crippen LogP contribution in [0.1, 0.15) is 30.2 Å². The zero-order valence-electron chi connectivity index (χ0n) is 11.7. The second kappa shape index (κ2) is 5.46. The minimum Gasteiger partial charge on any atom is -0.239 e. The van der Waals surface area contributed by atoms with Crippen molar-refractivity contribution in [3.63, 3.8) is 0 Å². The van der Waals surface area contributed by atoms with Crippen LogP contribution in [0, 0.1) is 23.1 Å². The minimum absolute atomic E-state index is 0.170. The van der Waals surface area contributed by atoms with Gasteiger partial charge in [0, 0.05) is 16.8 Å². The quantitative estimate of drug-likeness (QED) is 0.725. The predicted molar refractivity (Wildman–Crippen MR) is 80.5 cm³/mol. The average molecular weight is 301 g/mol. The van der Waals surface area contributed by atoms with Gasteiger partial charge in [-0.05, 0) is 36.8 Å². The molecule has 1 aliphatic carbocycles. The van der Waals surface area contributed by atoms with Gasteiger partial charge in [0.25, 0.3) is 0 Å². The van der Waals surface area contributed by atoms with Crippen LogP contribution in [0.5, 0.6) is 0 Å². The van der Waals surface area contributed by atoms with E-state index in [4.69, 9.17) is 11.6 Å². The van der Waals surface area contributed by atoms with E-state index in [0.717, 1.165) is 30.5 Å². The molecule has 106 valence electrons. The summed E-state index contributed by atoms with van der Waals surface area (Å²) >= 11 is 6.15. The first-order valence-electron chi connectivity index (χ1n) is 6.98. The van der Waals surface area contributed by atoms with Crippen molar-refractivity contribution >= 4 is 11.6 Å². The highest BCUT2D eigenvalue weighted by Crippen LogP contribution is 2.38. The van der Waals surface area contributed by atoms with Crippen LogP contribution in [0.25, 0.3) is 11.1 Å². The van der Waals surface area contributed by atoms with Gasteiger partial charge in [0.1, 0.15) is 17.0 Å². The lowest BCUT2D eigenvalue weighted by molar-refractivity contribution is 0.494. The lowest BCUT2D eigenvalue weighted by Crippen LogP contribution is -2.16. The molecule has 1 heterocycles. The Morgan fingerprint density at radius 3 is 2.86 bits per heavy atom. The first-order chi connectivity index (χ1) is 10.1. The van der Waals surface area contributed by atoms with Crippen LogP contribution >= 0.6 is 11.6 Å². The van der Waals surface area contributed by atoms with Crippen molar-refractivity contribution in [1.82, 2.24) is 4.98 Å². The van der Waals surface area contributed by atoms with Gasteiger partial charge in [-0.15, -0.1) is 0 Å². The summed E-state index contributed by atoms with van der Waals surface area (Å²) in [6.45, 7) is 2.16. The number of nitrogens with zero attached hydrogens (tertiary/aromatic N) is 2. The maximum atomic E-state index is 14.2. The molecule has 0 saturated carbocycles. The Kier molecular flexibility index (Phi) is 3.65. The van der Waals surface area contributed by atoms with E-state index in [-0.39, 0.29) is 16.5 Å². The molecule has 0 N–H and O–H groups in total. The van der Waals surface area contributed by atoms with E-state index in [1.165, 1.54) is 6.07 Å². The summed E-state index contributed by atoms with van der Waals surface area (Å²) in [6.07, 6.45) is 2.67. The first-order valence-corrected chi connectivity index (χ1v) is 7.36. The predicted octanol–water partition coefficient (Wildman–Crippen LogP) is 4.54. The van der Waals surface area contributed by atoms with Gasteiger partial charge < -0.3 is 0 Å². The highest BCUT2D eigenvalue weighted by atomic mass is 35.5. The van der Waals surface area contributed by atoms with Gasteiger partial charge in [-0.2, -0.15) is 5.26 Å². The zero-order chi connectivity index (χ0) is 15.0. The van der Waals surface area contributed by atoms with Crippen LogP contribution in [0.4, 0.5) is 4.39 Å². The van der Waals surface area contributed by atoms with Gasteiger partial charge in [0.15, 0.2) is 0 Å². The Hall–Kier alpha value is -1.92. The van der Waals surface area contributed by atoms with Crippen LogP contribution < -0.4 is 0 Å². The molecule has 21 heavy (non-hydrogen) atoms. The topological polar surface area (TPSA) is 36.7 Å². The molecule has 1 atom stereocenters. The van der Waals surface area contributed by atoms with E-state index < -0.39 is 0 Å². The first kappa shape index (κ1) is 14.0. The molecule has 4 heteroatoms. The van der Waals surface area contributed by atoms with E-state index in [0.29, 0.717) is 17.0 Å². The monoisotopic (exact) mass is 300 g/mol. The number of fused-ring (bicyclic) bond motifs is 1. The zero-order valence-corrected chi connectivity index (χ0v) is 12.4. The molecular weight excluding hydrogens is 287 g/mol. The summed E-state index contributed by atoms with van der Waals surface area (Å²) in [5, 5.41) is 9.59. The van der Waals surface area contributed by atoms with E-state index in [1.807, 2.05) is 0 Å². The normalized spacial score (nSPS) is 17.1. The molecule has 0 saturated heterocycles. The van der Waals surface area contributed by atoms with Gasteiger partial charge in [0.2, 0.25) is 0 Å². The SMILES string of the molecule is C[C@@H]1CCc2nc(Cl)c(C#N)c(-c3ccccc3F)c2C1. The van der Waals surface area contributed by atoms with Crippen molar-refractivity contribution in [3.05, 3.63) is 52.1 Å². The van der Waals surface area contributed by atoms with Crippen molar-refractivity contribution in [1.29, 1.82) is 5.26 Å². The number of benzene rings is 1. The van der Waals surface area contributed by atoms with Crippen molar-refractivity contribution in [3.8, 4) is 17.2 Å². The molecule has 0 bridgehead atoms. The fraction of sp³-hybridized carbons (Fsp3) is 0.294. The Labute approximate surface area is 128 Å². The average Bonchev–Trinajstić information content (AvgIpc) is 2.47. The standard InChI is InChI=1S/C17H14ClFN2/c1-10-6-7-15-12(8-10)16(13(9-20)17(18)21-15)11-4-2-3-5-14(11)19/h2-5,10H,6-8H2,1H3/t10-/m1/s1. The third-order valence-electron chi connectivity index (χ3n) is 4.02. The molecule has 0 amide bonds. The summed E-state index contributed by atoms with van der Waals surface area (Å²) in [5.41, 5.74) is 3.20. The Bertz CT molecular complexity index is 749. The van der Waals surface area contributed by atoms with Gasteiger partial charge in [-0.25, -0.2) is 9.37 Å². The van der Waals surface area contributed by atoms with Crippen molar-refractivity contribution in [2.45, 2.75) is 26.2 Å². The maximum absolute atomic E-state index is 14.2. The van der Waals surface area contributed by atoms with Crippen LogP contribution in [-0.4, -0.2) is 4.98 Å². The van der Waals surface area contributed by atoms with Crippen LogP contribution in [0.2, 0.25) is 5.15 Å². The maximum Gasteiger partial charge on any atom is 0.147 e. The lowest BCUT2D eigenvalue weighted by atomic mass is 9.82. The minimum atomic E-state index is -0.336. The van der Waals surface area contributed by atoms with Gasteiger partial charge in [-0.1, -0.05) is 36.7 Å². The van der Waals surface area contributed by atoms with Crippen molar-refractivity contribution < 1.29 is 4.39 Å². The summed E-state index contributed by atoms with van der Waals surface area (Å²) < 4.78 is 14.2. The number of pyridine rings is 1. The number of hydrogen-bond acceptors (Lipinski definition) is 2. The molecule has 0 radical (unpaired) electrons. The van der Waals surface area contributed by atoms with Crippen molar-refractivity contribution in [2.75, 3.05) is 0 Å². The summed E-state index contributed by atoms with van der Waals surface area (Å²) in [5.74, 6) is 0.161. The van der Waals surface area contributed by atoms with E-state index >= 15 is 0 Å². The smallest absolute Gasteiger partial charge is 0.147 e. The molecule has 3 rings (SSSR count). The fourth-order valence-corrected chi connectivity index (χ4v) is 3.20. The van der Waals surface area contributed by atoms with Gasteiger partial charge in [-0.3, -0.25) is 0 Å². The lowest BCUT2D eigenvalue weighted by Gasteiger charge is -2.24. The van der Waals surface area contributed by atoms with E-state index in [2.05, 4.69) is 18.0 Å². The second-order valence-corrected chi connectivity index (χ2v) is 5.88. The molecule has 2 nitrogen and oxygen atoms in total. The number of aryl methyl sites for hydroxylation is 1. The molecule has 0 spiro atoms. The molecule has 1 aromatic carbocycles. The third kappa shape index (κ3) is 2.41. The molecule has 1 aliphatic rings. The highest BCUT2D eigenvalue weighted by molar-refractivity contribution is 6.31. The van der Waals surface area contributed by atoms with Gasteiger partial charge >= 0.3 is 0 Å². The second-order valence-electron chi connectivity index (χ2n) is 5.52. The van der Waals surface area contributed by atoms with Crippen LogP contribution in [0.15, 0.2) is 24.3 Å². The molecular formula is C17H14ClFN2. The summed E-state index contributed by atoms with van der Waals surface area (Å²) in [4.78, 5) is 4.36. The van der Waals surface area contributed by atoms with Crippen LogP contribution in [-0.2, 0) is 12.8 Å². The number of halogens is 2. The summed E-state index contributed by atoms with van der Waals surface area (Å²) in [7, 11) is 0. The molecule has 2 aromatic rings. The van der Waals surface area contributed by atoms with E-state index in [9.17, 15) is 9.65 Å². The fourth-order valence-electron chi connectivity index (χ4n) is 2.96.